The van der Waals surface area contributed by atoms with Crippen LogP contribution < -0.4 is 0 Å². The molecule has 1 unspecified atom stereocenters. The fourth-order valence-corrected chi connectivity index (χ4v) is 2.77. The van der Waals surface area contributed by atoms with Gasteiger partial charge in [0.25, 0.3) is 0 Å². The van der Waals surface area contributed by atoms with Crippen molar-refractivity contribution in [2.24, 2.45) is 0 Å². The molecule has 6 heteroatoms. The third kappa shape index (κ3) is 2.69. The lowest BCUT2D eigenvalue weighted by Gasteiger charge is -2.22. The molecular weight excluding hydrogens is 342 g/mol. The molecule has 4 nitrogen and oxygen atoms in total. The minimum atomic E-state index is -0.320. The Bertz CT molecular complexity index is 641. The monoisotopic (exact) mass is 357 g/mol. The first-order valence-electron chi connectivity index (χ1n) is 6.46. The molecular formula is C14H17BrClN3O. The predicted octanol–water partition coefficient (Wildman–Crippen LogP) is 3.58. The van der Waals surface area contributed by atoms with Crippen LogP contribution in [0.5, 0.6) is 0 Å². The summed E-state index contributed by atoms with van der Waals surface area (Å²) in [5.74, 6) is 1.05. The molecule has 0 spiro atoms. The number of likely N-dealkylation sites (N-methyl/N-ethyl adjacent to an activating group) is 1. The van der Waals surface area contributed by atoms with Crippen molar-refractivity contribution in [3.05, 3.63) is 28.5 Å². The van der Waals surface area contributed by atoms with Gasteiger partial charge in [-0.15, -0.1) is 11.6 Å². The molecule has 0 saturated heterocycles. The standard InChI is InChI=1S/C14H17BrClN3O/c1-4-18(3)14(20)9(2)19-12-6-5-10(15)7-11(12)17-13(19)8-16/h5-7,9H,4,8H2,1-3H3. The molecule has 2 rings (SSSR count). The lowest BCUT2D eigenvalue weighted by atomic mass is 10.2. The number of carbonyl (C=O) groups excluding carboxylic acids is 1. The molecule has 0 aliphatic carbocycles. The molecule has 0 bridgehead atoms. The smallest absolute Gasteiger partial charge is 0.245 e. The minimum absolute atomic E-state index is 0.0566. The predicted molar refractivity (Wildman–Crippen MR) is 85.0 cm³/mol. The molecule has 20 heavy (non-hydrogen) atoms. The van der Waals surface area contributed by atoms with E-state index in [1.807, 2.05) is 36.6 Å². The van der Waals surface area contributed by atoms with Crippen LogP contribution in [-0.4, -0.2) is 34.0 Å². The quantitative estimate of drug-likeness (QED) is 0.784. The molecule has 0 aliphatic rings. The van der Waals surface area contributed by atoms with Crippen LogP contribution in [0.1, 0.15) is 25.7 Å². The number of aromatic nitrogens is 2. The second kappa shape index (κ2) is 6.14. The first-order valence-corrected chi connectivity index (χ1v) is 7.79. The van der Waals surface area contributed by atoms with E-state index in [0.717, 1.165) is 15.5 Å². The SMILES string of the molecule is CCN(C)C(=O)C(C)n1c(CCl)nc2cc(Br)ccc21. The lowest BCUT2D eigenvalue weighted by molar-refractivity contribution is -0.132. The van der Waals surface area contributed by atoms with Gasteiger partial charge in [0.1, 0.15) is 11.9 Å². The highest BCUT2D eigenvalue weighted by Gasteiger charge is 2.23. The van der Waals surface area contributed by atoms with E-state index in [1.165, 1.54) is 0 Å². The number of benzene rings is 1. The van der Waals surface area contributed by atoms with Gasteiger partial charge >= 0.3 is 0 Å². The summed E-state index contributed by atoms with van der Waals surface area (Å²) in [7, 11) is 1.80. The second-order valence-electron chi connectivity index (χ2n) is 4.69. The van der Waals surface area contributed by atoms with Crippen LogP contribution in [0.3, 0.4) is 0 Å². The zero-order chi connectivity index (χ0) is 14.9. The Hall–Kier alpha value is -1.07. The highest BCUT2D eigenvalue weighted by Crippen LogP contribution is 2.26. The topological polar surface area (TPSA) is 38.1 Å². The number of nitrogens with zero attached hydrogens (tertiary/aromatic N) is 3. The average molecular weight is 359 g/mol. The average Bonchev–Trinajstić information content (AvgIpc) is 2.82. The van der Waals surface area contributed by atoms with Crippen LogP contribution >= 0.6 is 27.5 Å². The Morgan fingerprint density at radius 2 is 2.25 bits per heavy atom. The summed E-state index contributed by atoms with van der Waals surface area (Å²) in [6.45, 7) is 4.52. The highest BCUT2D eigenvalue weighted by molar-refractivity contribution is 9.10. The van der Waals surface area contributed by atoms with E-state index in [9.17, 15) is 4.79 Å². The van der Waals surface area contributed by atoms with Gasteiger partial charge in [0.2, 0.25) is 5.91 Å². The van der Waals surface area contributed by atoms with Crippen LogP contribution in [-0.2, 0) is 10.7 Å². The number of amides is 1. The van der Waals surface area contributed by atoms with Crippen molar-refractivity contribution in [3.8, 4) is 0 Å². The molecule has 1 atom stereocenters. The van der Waals surface area contributed by atoms with Gasteiger partial charge in [-0.1, -0.05) is 15.9 Å². The number of hydrogen-bond acceptors (Lipinski definition) is 2. The van der Waals surface area contributed by atoms with Crippen molar-refractivity contribution in [3.63, 3.8) is 0 Å². The molecule has 108 valence electrons. The lowest BCUT2D eigenvalue weighted by Crippen LogP contribution is -2.33. The Labute approximate surface area is 131 Å². The van der Waals surface area contributed by atoms with E-state index in [2.05, 4.69) is 20.9 Å². The maximum absolute atomic E-state index is 12.4. The molecule has 1 heterocycles. The maximum Gasteiger partial charge on any atom is 0.245 e. The maximum atomic E-state index is 12.4. The van der Waals surface area contributed by atoms with Gasteiger partial charge in [0.05, 0.1) is 16.9 Å². The van der Waals surface area contributed by atoms with E-state index in [0.29, 0.717) is 12.4 Å². The number of fused-ring (bicyclic) bond motifs is 1. The Morgan fingerprint density at radius 1 is 1.55 bits per heavy atom. The molecule has 0 fully saturated rings. The number of halogens is 2. The summed E-state index contributed by atoms with van der Waals surface area (Å²) >= 11 is 9.42. The van der Waals surface area contributed by atoms with Gasteiger partial charge in [0.15, 0.2) is 0 Å². The van der Waals surface area contributed by atoms with Crippen molar-refractivity contribution in [1.29, 1.82) is 0 Å². The van der Waals surface area contributed by atoms with Gasteiger partial charge in [-0.05, 0) is 32.0 Å². The Kier molecular flexibility index (Phi) is 4.70. The number of rotatable bonds is 4. The molecule has 1 aromatic carbocycles. The van der Waals surface area contributed by atoms with E-state index < -0.39 is 0 Å². The molecule has 0 N–H and O–H groups in total. The van der Waals surface area contributed by atoms with Gasteiger partial charge in [0, 0.05) is 18.1 Å². The molecule has 0 aliphatic heterocycles. The summed E-state index contributed by atoms with van der Waals surface area (Å²) in [5.41, 5.74) is 1.77. The number of alkyl halides is 1. The summed E-state index contributed by atoms with van der Waals surface area (Å²) in [5, 5.41) is 0. The van der Waals surface area contributed by atoms with E-state index in [4.69, 9.17) is 11.6 Å². The van der Waals surface area contributed by atoms with Crippen LogP contribution in [0.25, 0.3) is 11.0 Å². The summed E-state index contributed by atoms with van der Waals surface area (Å²) in [6, 6.07) is 5.51. The zero-order valence-electron chi connectivity index (χ0n) is 11.7. The highest BCUT2D eigenvalue weighted by atomic mass is 79.9. The largest absolute Gasteiger partial charge is 0.344 e. The second-order valence-corrected chi connectivity index (χ2v) is 5.88. The fraction of sp³-hybridized carbons (Fsp3) is 0.429. The summed E-state index contributed by atoms with van der Waals surface area (Å²) < 4.78 is 2.88. The molecule has 1 amide bonds. The van der Waals surface area contributed by atoms with E-state index >= 15 is 0 Å². The van der Waals surface area contributed by atoms with Crippen molar-refractivity contribution < 1.29 is 4.79 Å². The van der Waals surface area contributed by atoms with Crippen molar-refractivity contribution in [2.45, 2.75) is 25.8 Å². The first-order chi connectivity index (χ1) is 9.49. The summed E-state index contributed by atoms with van der Waals surface area (Å²) in [4.78, 5) is 18.6. The third-order valence-electron chi connectivity index (χ3n) is 3.44. The Morgan fingerprint density at radius 3 is 2.85 bits per heavy atom. The summed E-state index contributed by atoms with van der Waals surface area (Å²) in [6.07, 6.45) is 0. The number of imidazole rings is 1. The zero-order valence-corrected chi connectivity index (χ0v) is 14.1. The van der Waals surface area contributed by atoms with Gasteiger partial charge in [-0.2, -0.15) is 0 Å². The van der Waals surface area contributed by atoms with Crippen molar-refractivity contribution in [2.75, 3.05) is 13.6 Å². The van der Waals surface area contributed by atoms with Crippen LogP contribution in [0, 0.1) is 0 Å². The van der Waals surface area contributed by atoms with Crippen molar-refractivity contribution >= 4 is 44.5 Å². The van der Waals surface area contributed by atoms with Crippen LogP contribution in [0.2, 0.25) is 0 Å². The Balaban J connectivity index is 2.54. The van der Waals surface area contributed by atoms with Crippen LogP contribution in [0.15, 0.2) is 22.7 Å². The first kappa shape index (κ1) is 15.3. The van der Waals surface area contributed by atoms with E-state index in [1.54, 1.807) is 11.9 Å². The van der Waals surface area contributed by atoms with Gasteiger partial charge < -0.3 is 9.47 Å². The van der Waals surface area contributed by atoms with Gasteiger partial charge in [-0.3, -0.25) is 4.79 Å². The fourth-order valence-electron chi connectivity index (χ4n) is 2.23. The minimum Gasteiger partial charge on any atom is -0.344 e. The molecule has 1 aromatic heterocycles. The molecule has 0 radical (unpaired) electrons. The molecule has 2 aromatic rings. The van der Waals surface area contributed by atoms with Crippen molar-refractivity contribution in [1.82, 2.24) is 14.5 Å². The normalized spacial score (nSPS) is 12.7. The number of hydrogen-bond donors (Lipinski definition) is 0. The van der Waals surface area contributed by atoms with Gasteiger partial charge in [-0.25, -0.2) is 4.98 Å². The van der Waals surface area contributed by atoms with Crippen LogP contribution in [0.4, 0.5) is 0 Å². The van der Waals surface area contributed by atoms with E-state index in [-0.39, 0.29) is 17.8 Å². The third-order valence-corrected chi connectivity index (χ3v) is 4.17. The number of carbonyl (C=O) groups is 1. The molecule has 0 saturated carbocycles.